The molecule has 1 aliphatic rings. The quantitative estimate of drug-likeness (QED) is 0.372. The minimum atomic E-state index is -1.41. The van der Waals surface area contributed by atoms with E-state index in [1.165, 1.54) is 25.7 Å². The number of nitrogens with one attached hydrogen (secondary N) is 1. The molecule has 2 unspecified atom stereocenters. The predicted molar refractivity (Wildman–Crippen MR) is 156 cm³/mol. The van der Waals surface area contributed by atoms with Crippen molar-refractivity contribution >= 4 is 59.5 Å². The number of thiol groups is 1. The maximum absolute atomic E-state index is 14.0. The van der Waals surface area contributed by atoms with Gasteiger partial charge in [-0.1, -0.05) is 48.5 Å². The van der Waals surface area contributed by atoms with Gasteiger partial charge in [0.1, 0.15) is 5.54 Å². The van der Waals surface area contributed by atoms with Gasteiger partial charge in [0.05, 0.1) is 17.4 Å². The first kappa shape index (κ1) is 30.2. The lowest BCUT2D eigenvalue weighted by Crippen LogP contribution is -2.57. The van der Waals surface area contributed by atoms with Crippen molar-refractivity contribution in [3.05, 3.63) is 65.7 Å². The van der Waals surface area contributed by atoms with E-state index < -0.39 is 41.4 Å². The molecule has 208 valence electrons. The summed E-state index contributed by atoms with van der Waals surface area (Å²) >= 11 is 5.61. The average Bonchev–Trinajstić information content (AvgIpc) is 3.05. The third kappa shape index (κ3) is 6.81. The first-order valence-corrected chi connectivity index (χ1v) is 14.3. The molecule has 3 rings (SSSR count). The number of rotatable bonds is 10. The van der Waals surface area contributed by atoms with Crippen LogP contribution in [0.5, 0.6) is 0 Å². The van der Waals surface area contributed by atoms with Gasteiger partial charge in [0.25, 0.3) is 0 Å². The molecule has 2 aromatic carbocycles. The molecular formula is C27H33N5O5S2. The molecule has 12 heteroatoms. The zero-order valence-corrected chi connectivity index (χ0v) is 24.0. The molecule has 2 aromatic rings. The van der Waals surface area contributed by atoms with Crippen LogP contribution in [0, 0.1) is 0 Å². The number of carbonyl (C=O) groups excluding carboxylic acids is 4. The van der Waals surface area contributed by atoms with Gasteiger partial charge < -0.3 is 20.8 Å². The summed E-state index contributed by atoms with van der Waals surface area (Å²) in [5, 5.41) is 3.52. The highest BCUT2D eigenvalue weighted by Crippen LogP contribution is 2.31. The lowest BCUT2D eigenvalue weighted by molar-refractivity contribution is -0.159. The Balaban J connectivity index is 2.16. The van der Waals surface area contributed by atoms with E-state index in [4.69, 9.17) is 15.6 Å². The number of benzodiazepines with no additional fused rings is 1. The fraction of sp³-hybridized carbons (Fsp3) is 0.370. The van der Waals surface area contributed by atoms with E-state index in [1.54, 1.807) is 31.2 Å². The predicted octanol–water partition coefficient (Wildman–Crippen LogP) is 2.02. The standard InChI is InChI=1S/C27H33N5O5S2/c1-17(33)30-27(2,14-15-39-4)26(36)37-32-21-13-9-8-12-19(21)22(18-10-6-5-7-11-18)29-23(25(32)35)31(3)24(34)20(28)16-38/h5-13,20,23,38H,14-16,28H2,1-4H3,(H,30,33)/t20?,23?,27-/m0/s1. The summed E-state index contributed by atoms with van der Waals surface area (Å²) < 4.78 is 0. The zero-order chi connectivity index (χ0) is 28.7. The van der Waals surface area contributed by atoms with Gasteiger partial charge in [0.2, 0.25) is 18.0 Å². The Morgan fingerprint density at radius 2 is 1.85 bits per heavy atom. The van der Waals surface area contributed by atoms with Crippen molar-refractivity contribution in [2.24, 2.45) is 10.7 Å². The summed E-state index contributed by atoms with van der Waals surface area (Å²) in [6.07, 6.45) is 0.738. The second kappa shape index (κ2) is 13.1. The van der Waals surface area contributed by atoms with Crippen molar-refractivity contribution in [1.29, 1.82) is 0 Å². The topological polar surface area (TPSA) is 134 Å². The summed E-state index contributed by atoms with van der Waals surface area (Å²) in [5.74, 6) is -1.98. The van der Waals surface area contributed by atoms with E-state index in [9.17, 15) is 19.2 Å². The highest BCUT2D eigenvalue weighted by atomic mass is 32.2. The summed E-state index contributed by atoms with van der Waals surface area (Å²) in [5.41, 5.74) is 6.41. The second-order valence-corrected chi connectivity index (χ2v) is 10.6. The maximum atomic E-state index is 14.0. The summed E-state index contributed by atoms with van der Waals surface area (Å²) in [6.45, 7) is 2.85. The minimum absolute atomic E-state index is 0.0583. The highest BCUT2D eigenvalue weighted by molar-refractivity contribution is 7.98. The number of fused-ring (bicyclic) bond motifs is 1. The van der Waals surface area contributed by atoms with Crippen LogP contribution in [0.4, 0.5) is 5.69 Å². The molecule has 1 aliphatic heterocycles. The number of amides is 3. The van der Waals surface area contributed by atoms with E-state index in [0.29, 0.717) is 22.6 Å². The molecule has 3 amide bonds. The van der Waals surface area contributed by atoms with E-state index in [2.05, 4.69) is 17.9 Å². The monoisotopic (exact) mass is 571 g/mol. The van der Waals surface area contributed by atoms with Crippen LogP contribution in [-0.2, 0) is 24.0 Å². The molecule has 0 bridgehead atoms. The lowest BCUT2D eigenvalue weighted by atomic mass is 9.99. The average molecular weight is 572 g/mol. The van der Waals surface area contributed by atoms with Crippen LogP contribution in [0.2, 0.25) is 0 Å². The van der Waals surface area contributed by atoms with Crippen molar-refractivity contribution in [3.63, 3.8) is 0 Å². The smallest absolute Gasteiger partial charge is 0.341 e. The number of likely N-dealkylation sites (N-methyl/N-ethyl adjacent to an activating group) is 1. The van der Waals surface area contributed by atoms with Crippen LogP contribution in [0.15, 0.2) is 59.6 Å². The molecule has 0 saturated heterocycles. The Hall–Kier alpha value is -3.35. The number of hydrogen-bond acceptors (Lipinski definition) is 9. The van der Waals surface area contributed by atoms with Gasteiger partial charge in [-0.15, -0.1) is 5.06 Å². The number of carbonyl (C=O) groups is 4. The minimum Gasteiger partial charge on any atom is -0.341 e. The third-order valence-corrected chi connectivity index (χ3v) is 7.21. The molecule has 0 saturated carbocycles. The molecule has 3 atom stereocenters. The SMILES string of the molecule is CSCC[C@](C)(NC(C)=O)C(=O)ON1C(=O)C(N(C)C(=O)C(N)CS)N=C(c2ccccc2)c2ccccc21. The first-order valence-electron chi connectivity index (χ1n) is 12.2. The number of benzene rings is 2. The summed E-state index contributed by atoms with van der Waals surface area (Å²) in [6, 6.07) is 15.0. The van der Waals surface area contributed by atoms with Gasteiger partial charge in [0.15, 0.2) is 0 Å². The van der Waals surface area contributed by atoms with Crippen LogP contribution >= 0.6 is 24.4 Å². The van der Waals surface area contributed by atoms with Gasteiger partial charge in [0, 0.05) is 30.9 Å². The van der Waals surface area contributed by atoms with Gasteiger partial charge >= 0.3 is 11.9 Å². The van der Waals surface area contributed by atoms with E-state index in [1.807, 2.05) is 36.6 Å². The normalized spacial score (nSPS) is 17.2. The van der Waals surface area contributed by atoms with Gasteiger partial charge in [-0.3, -0.25) is 14.4 Å². The molecule has 3 N–H and O–H groups in total. The van der Waals surface area contributed by atoms with Gasteiger partial charge in [-0.05, 0) is 31.4 Å². The zero-order valence-electron chi connectivity index (χ0n) is 22.3. The molecular weight excluding hydrogens is 538 g/mol. The maximum Gasteiger partial charge on any atom is 0.357 e. The van der Waals surface area contributed by atoms with Crippen LogP contribution < -0.4 is 16.1 Å². The van der Waals surface area contributed by atoms with Crippen LogP contribution in [0.1, 0.15) is 31.4 Å². The number of thioether (sulfide) groups is 1. The number of nitrogens with two attached hydrogens (primary N) is 1. The fourth-order valence-corrected chi connectivity index (χ4v) is 4.82. The molecule has 0 spiro atoms. The molecule has 0 fully saturated rings. The first-order chi connectivity index (χ1) is 18.5. The molecule has 39 heavy (non-hydrogen) atoms. The largest absolute Gasteiger partial charge is 0.357 e. The number of hydrogen-bond donors (Lipinski definition) is 3. The number of hydroxylamine groups is 1. The number of para-hydroxylation sites is 1. The Morgan fingerprint density at radius 3 is 2.46 bits per heavy atom. The lowest BCUT2D eigenvalue weighted by Gasteiger charge is -2.32. The molecule has 1 heterocycles. The van der Waals surface area contributed by atoms with Crippen molar-refractivity contribution in [2.45, 2.75) is 38.0 Å². The van der Waals surface area contributed by atoms with E-state index in [-0.39, 0.29) is 17.9 Å². The van der Waals surface area contributed by atoms with E-state index >= 15 is 0 Å². The number of nitrogens with zero attached hydrogens (tertiary/aromatic N) is 3. The van der Waals surface area contributed by atoms with Crippen molar-refractivity contribution in [3.8, 4) is 0 Å². The van der Waals surface area contributed by atoms with Gasteiger partial charge in [-0.25, -0.2) is 9.79 Å². The molecule has 0 aromatic heterocycles. The Morgan fingerprint density at radius 1 is 1.21 bits per heavy atom. The number of anilines is 1. The third-order valence-electron chi connectivity index (χ3n) is 6.21. The Labute approximate surface area is 237 Å². The number of aliphatic imine (C=N–C) groups is 1. The molecule has 0 radical (unpaired) electrons. The van der Waals surface area contributed by atoms with E-state index in [0.717, 1.165) is 9.96 Å². The highest BCUT2D eigenvalue weighted by Gasteiger charge is 2.43. The summed E-state index contributed by atoms with van der Waals surface area (Å²) in [4.78, 5) is 64.2. The Bertz CT molecular complexity index is 1260. The Kier molecular flexibility index (Phi) is 10.2. The summed E-state index contributed by atoms with van der Waals surface area (Å²) in [7, 11) is 1.41. The van der Waals surface area contributed by atoms with Crippen LogP contribution in [-0.4, -0.2) is 76.9 Å². The molecule has 0 aliphatic carbocycles. The van der Waals surface area contributed by atoms with Gasteiger partial charge in [-0.2, -0.15) is 24.4 Å². The van der Waals surface area contributed by atoms with Crippen molar-refractivity contribution < 1.29 is 24.0 Å². The van der Waals surface area contributed by atoms with Crippen LogP contribution in [0.25, 0.3) is 0 Å². The van der Waals surface area contributed by atoms with Crippen LogP contribution in [0.3, 0.4) is 0 Å². The van der Waals surface area contributed by atoms with Crippen molar-refractivity contribution in [2.75, 3.05) is 29.9 Å². The van der Waals surface area contributed by atoms with Crippen molar-refractivity contribution in [1.82, 2.24) is 10.2 Å². The molecule has 10 nitrogen and oxygen atoms in total. The fourth-order valence-electron chi connectivity index (χ4n) is 4.05. The second-order valence-electron chi connectivity index (χ2n) is 9.24.